The smallest absolute Gasteiger partial charge is 0.264 e. The Kier molecular flexibility index (Phi) is 7.61. The lowest BCUT2D eigenvalue weighted by Gasteiger charge is -2.35. The van der Waals surface area contributed by atoms with E-state index in [0.717, 1.165) is 11.1 Å². The monoisotopic (exact) mass is 530 g/mol. The molecule has 8 nitrogen and oxygen atoms in total. The summed E-state index contributed by atoms with van der Waals surface area (Å²) in [4.78, 5) is 13.0. The van der Waals surface area contributed by atoms with Crippen molar-refractivity contribution in [1.82, 2.24) is 5.32 Å². The minimum absolute atomic E-state index is 0.0843. The first-order valence-corrected chi connectivity index (χ1v) is 13.1. The van der Waals surface area contributed by atoms with E-state index in [1.807, 2.05) is 19.9 Å². The van der Waals surface area contributed by atoms with Gasteiger partial charge in [-0.1, -0.05) is 23.7 Å². The van der Waals surface area contributed by atoms with Crippen LogP contribution in [-0.2, 0) is 14.8 Å². The van der Waals surface area contributed by atoms with E-state index >= 15 is 0 Å². The van der Waals surface area contributed by atoms with E-state index in [2.05, 4.69) is 5.32 Å². The number of halogens is 1. The molecule has 4 rings (SSSR count). The third-order valence-electron chi connectivity index (χ3n) is 5.74. The number of nitrogens with zero attached hydrogens (tertiary/aromatic N) is 1. The number of benzene rings is 3. The number of methoxy groups -OCH3 is 1. The molecule has 0 fully saturated rings. The van der Waals surface area contributed by atoms with Crippen LogP contribution in [0.1, 0.15) is 11.1 Å². The highest BCUT2D eigenvalue weighted by Gasteiger charge is 2.37. The highest BCUT2D eigenvalue weighted by molar-refractivity contribution is 7.92. The van der Waals surface area contributed by atoms with Crippen molar-refractivity contribution < 1.29 is 27.4 Å². The first kappa shape index (κ1) is 25.7. The number of anilines is 1. The molecule has 36 heavy (non-hydrogen) atoms. The standard InChI is InChI=1S/C26H27ClN2O6S/c1-17-4-11-23-24(14-17)35-25(16-29(23)36(31,32)21-9-7-19(33-3)8-10-21)26(30)28-12-13-34-20-6-5-18(2)22(27)15-20/h4-11,14-15,25H,12-13,16H2,1-3H3,(H,28,30)/t25-/m0/s1. The lowest BCUT2D eigenvalue weighted by atomic mass is 10.1. The lowest BCUT2D eigenvalue weighted by molar-refractivity contribution is -0.127. The number of hydrogen-bond acceptors (Lipinski definition) is 6. The molecule has 0 saturated heterocycles. The molecule has 1 atom stereocenters. The van der Waals surface area contributed by atoms with Crippen LogP contribution in [0.15, 0.2) is 65.6 Å². The molecule has 0 unspecified atom stereocenters. The highest BCUT2D eigenvalue weighted by Crippen LogP contribution is 2.38. The van der Waals surface area contributed by atoms with Crippen LogP contribution in [0.25, 0.3) is 0 Å². The van der Waals surface area contributed by atoms with Crippen molar-refractivity contribution in [2.45, 2.75) is 24.8 Å². The normalized spacial score (nSPS) is 15.0. The van der Waals surface area contributed by atoms with Crippen LogP contribution in [0.3, 0.4) is 0 Å². The van der Waals surface area contributed by atoms with Crippen LogP contribution in [0.2, 0.25) is 5.02 Å². The molecule has 10 heteroatoms. The van der Waals surface area contributed by atoms with Gasteiger partial charge in [-0.3, -0.25) is 9.10 Å². The van der Waals surface area contributed by atoms with Crippen molar-refractivity contribution >= 4 is 33.2 Å². The molecule has 190 valence electrons. The Bertz CT molecular complexity index is 1360. The molecule has 1 amide bonds. The molecule has 1 heterocycles. The zero-order chi connectivity index (χ0) is 25.9. The zero-order valence-corrected chi connectivity index (χ0v) is 21.7. The van der Waals surface area contributed by atoms with Crippen LogP contribution in [-0.4, -0.2) is 47.2 Å². The maximum absolute atomic E-state index is 13.5. The first-order valence-electron chi connectivity index (χ1n) is 11.3. The van der Waals surface area contributed by atoms with E-state index < -0.39 is 22.0 Å². The fourth-order valence-electron chi connectivity index (χ4n) is 3.72. The number of aryl methyl sites for hydroxylation is 2. The summed E-state index contributed by atoms with van der Waals surface area (Å²) in [7, 11) is -2.46. The van der Waals surface area contributed by atoms with Crippen LogP contribution >= 0.6 is 11.6 Å². The summed E-state index contributed by atoms with van der Waals surface area (Å²) in [5, 5.41) is 3.36. The van der Waals surface area contributed by atoms with Gasteiger partial charge in [0.25, 0.3) is 15.9 Å². The van der Waals surface area contributed by atoms with E-state index in [-0.39, 0.29) is 24.6 Å². The third kappa shape index (κ3) is 5.52. The molecule has 1 aliphatic rings. The molecule has 0 bridgehead atoms. The van der Waals surface area contributed by atoms with Crippen molar-refractivity contribution in [2.24, 2.45) is 0 Å². The van der Waals surface area contributed by atoms with E-state index in [9.17, 15) is 13.2 Å². The number of sulfonamides is 1. The van der Waals surface area contributed by atoms with Gasteiger partial charge in [-0.15, -0.1) is 0 Å². The average molecular weight is 531 g/mol. The molecular weight excluding hydrogens is 504 g/mol. The Morgan fingerprint density at radius 2 is 1.81 bits per heavy atom. The Hall–Kier alpha value is -3.43. The third-order valence-corrected chi connectivity index (χ3v) is 7.94. The Labute approximate surface area is 215 Å². The van der Waals surface area contributed by atoms with Crippen molar-refractivity contribution in [3.05, 3.63) is 76.8 Å². The topological polar surface area (TPSA) is 94.2 Å². The second-order valence-electron chi connectivity index (χ2n) is 8.34. The van der Waals surface area contributed by atoms with E-state index in [0.29, 0.717) is 28.0 Å². The number of hydrogen-bond donors (Lipinski definition) is 1. The molecule has 0 radical (unpaired) electrons. The van der Waals surface area contributed by atoms with E-state index in [4.69, 9.17) is 25.8 Å². The second-order valence-corrected chi connectivity index (χ2v) is 10.6. The fourth-order valence-corrected chi connectivity index (χ4v) is 5.37. The zero-order valence-electron chi connectivity index (χ0n) is 20.2. The number of rotatable bonds is 8. The van der Waals surface area contributed by atoms with Gasteiger partial charge in [0.2, 0.25) is 0 Å². The molecule has 3 aromatic rings. The van der Waals surface area contributed by atoms with Gasteiger partial charge in [-0.2, -0.15) is 0 Å². The Morgan fingerprint density at radius 3 is 2.50 bits per heavy atom. The van der Waals surface area contributed by atoms with E-state index in [1.165, 1.54) is 23.5 Å². The molecule has 1 aliphatic heterocycles. The summed E-state index contributed by atoms with van der Waals surface area (Å²) in [6.45, 7) is 4.00. The van der Waals surface area contributed by atoms with Crippen LogP contribution in [0, 0.1) is 13.8 Å². The quantitative estimate of drug-likeness (QED) is 0.440. The number of carbonyl (C=O) groups excluding carboxylic acids is 1. The summed E-state index contributed by atoms with van der Waals surface area (Å²) >= 11 is 6.11. The molecule has 0 aliphatic carbocycles. The molecular formula is C26H27ClN2O6S. The summed E-state index contributed by atoms with van der Waals surface area (Å²) in [5.74, 6) is 1.01. The summed E-state index contributed by atoms with van der Waals surface area (Å²) in [5.41, 5.74) is 2.19. The van der Waals surface area contributed by atoms with Crippen LogP contribution in [0.4, 0.5) is 5.69 Å². The first-order chi connectivity index (χ1) is 17.2. The highest BCUT2D eigenvalue weighted by atomic mass is 35.5. The largest absolute Gasteiger partial charge is 0.497 e. The fraction of sp³-hybridized carbons (Fsp3) is 0.269. The van der Waals surface area contributed by atoms with Crippen LogP contribution in [0.5, 0.6) is 17.2 Å². The van der Waals surface area contributed by atoms with Gasteiger partial charge in [0, 0.05) is 5.02 Å². The van der Waals surface area contributed by atoms with Gasteiger partial charge in [0.05, 0.1) is 30.8 Å². The van der Waals surface area contributed by atoms with Crippen LogP contribution < -0.4 is 23.8 Å². The molecule has 0 saturated carbocycles. The Balaban J connectivity index is 1.48. The Morgan fingerprint density at radius 1 is 1.08 bits per heavy atom. The predicted octanol–water partition coefficient (Wildman–Crippen LogP) is 4.12. The van der Waals surface area contributed by atoms with Crippen molar-refractivity contribution in [3.63, 3.8) is 0 Å². The second kappa shape index (κ2) is 10.7. The van der Waals surface area contributed by atoms with Gasteiger partial charge in [-0.25, -0.2) is 8.42 Å². The minimum atomic E-state index is -3.97. The molecule has 1 N–H and O–H groups in total. The average Bonchev–Trinajstić information content (AvgIpc) is 2.87. The number of fused-ring (bicyclic) bond motifs is 1. The van der Waals surface area contributed by atoms with Gasteiger partial charge in [0.15, 0.2) is 6.10 Å². The number of nitrogens with one attached hydrogen (secondary N) is 1. The molecule has 0 aromatic heterocycles. The predicted molar refractivity (Wildman–Crippen MR) is 138 cm³/mol. The van der Waals surface area contributed by atoms with E-state index in [1.54, 1.807) is 42.5 Å². The molecule has 3 aromatic carbocycles. The van der Waals surface area contributed by atoms with Gasteiger partial charge in [-0.05, 0) is 73.5 Å². The van der Waals surface area contributed by atoms with Crippen molar-refractivity contribution in [1.29, 1.82) is 0 Å². The summed E-state index contributed by atoms with van der Waals surface area (Å²) < 4.78 is 45.0. The van der Waals surface area contributed by atoms with Gasteiger partial charge in [0.1, 0.15) is 23.9 Å². The maximum atomic E-state index is 13.5. The van der Waals surface area contributed by atoms with Gasteiger partial charge < -0.3 is 19.5 Å². The summed E-state index contributed by atoms with van der Waals surface area (Å²) in [6, 6.07) is 16.7. The van der Waals surface area contributed by atoms with Crippen molar-refractivity contribution in [3.8, 4) is 17.2 Å². The summed E-state index contributed by atoms with van der Waals surface area (Å²) in [6.07, 6.45) is -1.04. The SMILES string of the molecule is COc1ccc(S(=O)(=O)N2C[C@@H](C(=O)NCCOc3ccc(C)c(Cl)c3)Oc3cc(C)ccc32)cc1. The van der Waals surface area contributed by atoms with Gasteiger partial charge >= 0.3 is 0 Å². The minimum Gasteiger partial charge on any atom is -0.497 e. The van der Waals surface area contributed by atoms with Crippen molar-refractivity contribution in [2.75, 3.05) is 31.1 Å². The number of carbonyl (C=O) groups is 1. The number of ether oxygens (including phenoxy) is 3. The number of amides is 1. The maximum Gasteiger partial charge on any atom is 0.264 e. The lowest BCUT2D eigenvalue weighted by Crippen LogP contribution is -2.51. The molecule has 0 spiro atoms.